The van der Waals surface area contributed by atoms with Crippen molar-refractivity contribution in [1.29, 1.82) is 0 Å². The van der Waals surface area contributed by atoms with Crippen molar-refractivity contribution in [2.45, 2.75) is 6.42 Å². The van der Waals surface area contributed by atoms with E-state index in [1.807, 2.05) is 42.5 Å². The van der Waals surface area contributed by atoms with E-state index in [1.54, 1.807) is 0 Å². The summed E-state index contributed by atoms with van der Waals surface area (Å²) in [7, 11) is 0. The van der Waals surface area contributed by atoms with E-state index in [1.165, 1.54) is 12.1 Å². The van der Waals surface area contributed by atoms with Gasteiger partial charge in [0, 0.05) is 6.42 Å². The van der Waals surface area contributed by atoms with E-state index >= 15 is 0 Å². The van der Waals surface area contributed by atoms with Gasteiger partial charge in [-0.25, -0.2) is 8.78 Å². The van der Waals surface area contributed by atoms with E-state index in [0.29, 0.717) is 0 Å². The van der Waals surface area contributed by atoms with Crippen LogP contribution in [0.3, 0.4) is 0 Å². The van der Waals surface area contributed by atoms with Gasteiger partial charge in [0.05, 0.1) is 5.56 Å². The fraction of sp³-hybridized carbons (Fsp3) is 0.0556. The number of ketones is 1. The summed E-state index contributed by atoms with van der Waals surface area (Å²) in [6.45, 7) is 0. The van der Waals surface area contributed by atoms with Crippen molar-refractivity contribution in [3.63, 3.8) is 0 Å². The summed E-state index contributed by atoms with van der Waals surface area (Å²) >= 11 is 0. The second-order valence-electron chi connectivity index (χ2n) is 4.84. The average Bonchev–Trinajstić information content (AvgIpc) is 2.50. The lowest BCUT2D eigenvalue weighted by Crippen LogP contribution is -2.07. The minimum atomic E-state index is -1.08. The van der Waals surface area contributed by atoms with Gasteiger partial charge in [-0.2, -0.15) is 0 Å². The Hall–Kier alpha value is -2.55. The van der Waals surface area contributed by atoms with Crippen molar-refractivity contribution in [2.75, 3.05) is 0 Å². The summed E-state index contributed by atoms with van der Waals surface area (Å²) in [5.41, 5.74) is 0.602. The molecule has 0 saturated carbocycles. The third kappa shape index (κ3) is 2.55. The third-order valence-electron chi connectivity index (χ3n) is 3.48. The Morgan fingerprint density at radius 2 is 1.57 bits per heavy atom. The molecule has 0 saturated heterocycles. The Morgan fingerprint density at radius 3 is 2.43 bits per heavy atom. The van der Waals surface area contributed by atoms with Crippen molar-refractivity contribution < 1.29 is 13.6 Å². The van der Waals surface area contributed by atoms with E-state index in [-0.39, 0.29) is 12.0 Å². The molecule has 0 N–H and O–H groups in total. The van der Waals surface area contributed by atoms with Gasteiger partial charge in [0.1, 0.15) is 0 Å². The Balaban J connectivity index is 1.99. The average molecular weight is 282 g/mol. The standard InChI is InChI=1S/C18H12F2O/c19-16-10-4-9-15(18(16)20)17(21)11-13-7-3-6-12-5-1-2-8-14(12)13/h1-10H,11H2. The van der Waals surface area contributed by atoms with Gasteiger partial charge in [-0.05, 0) is 28.5 Å². The molecule has 21 heavy (non-hydrogen) atoms. The van der Waals surface area contributed by atoms with Gasteiger partial charge in [0.25, 0.3) is 0 Å². The minimum Gasteiger partial charge on any atom is -0.294 e. The Labute approximate surface area is 120 Å². The quantitative estimate of drug-likeness (QED) is 0.644. The molecule has 1 nitrogen and oxygen atoms in total. The number of carbonyl (C=O) groups is 1. The molecule has 0 amide bonds. The number of halogens is 2. The van der Waals surface area contributed by atoms with Crippen LogP contribution < -0.4 is 0 Å². The van der Waals surface area contributed by atoms with Crippen molar-refractivity contribution in [3.05, 3.63) is 83.4 Å². The van der Waals surface area contributed by atoms with Crippen LogP contribution in [0.2, 0.25) is 0 Å². The molecule has 3 heteroatoms. The first-order valence-electron chi connectivity index (χ1n) is 6.60. The fourth-order valence-corrected chi connectivity index (χ4v) is 2.43. The monoisotopic (exact) mass is 282 g/mol. The molecule has 0 aliphatic rings. The lowest BCUT2D eigenvalue weighted by Gasteiger charge is -2.07. The van der Waals surface area contributed by atoms with Crippen LogP contribution in [0.4, 0.5) is 8.78 Å². The highest BCUT2D eigenvalue weighted by Gasteiger charge is 2.16. The molecule has 0 aromatic heterocycles. The lowest BCUT2D eigenvalue weighted by atomic mass is 9.97. The van der Waals surface area contributed by atoms with E-state index < -0.39 is 17.4 Å². The smallest absolute Gasteiger partial charge is 0.170 e. The summed E-state index contributed by atoms with van der Waals surface area (Å²) in [5, 5.41) is 1.97. The number of benzene rings is 3. The van der Waals surface area contributed by atoms with Crippen LogP contribution in [0.15, 0.2) is 60.7 Å². The summed E-state index contributed by atoms with van der Waals surface area (Å²) in [6, 6.07) is 17.0. The Kier molecular flexibility index (Phi) is 3.48. The van der Waals surface area contributed by atoms with E-state index in [9.17, 15) is 13.6 Å². The number of carbonyl (C=O) groups excluding carboxylic acids is 1. The van der Waals surface area contributed by atoms with Gasteiger partial charge < -0.3 is 0 Å². The van der Waals surface area contributed by atoms with Gasteiger partial charge in [-0.15, -0.1) is 0 Å². The molecular formula is C18H12F2O. The highest BCUT2D eigenvalue weighted by Crippen LogP contribution is 2.21. The number of hydrogen-bond donors (Lipinski definition) is 0. The van der Waals surface area contributed by atoms with Crippen LogP contribution in [0.25, 0.3) is 10.8 Å². The Bertz CT molecular complexity index is 819. The second-order valence-corrected chi connectivity index (χ2v) is 4.84. The van der Waals surface area contributed by atoms with Crippen molar-refractivity contribution in [1.82, 2.24) is 0 Å². The topological polar surface area (TPSA) is 17.1 Å². The van der Waals surface area contributed by atoms with Crippen molar-refractivity contribution in [2.24, 2.45) is 0 Å². The third-order valence-corrected chi connectivity index (χ3v) is 3.48. The molecule has 0 fully saturated rings. The highest BCUT2D eigenvalue weighted by molar-refractivity contribution is 6.00. The summed E-state index contributed by atoms with van der Waals surface area (Å²) in [4.78, 5) is 12.2. The SMILES string of the molecule is O=C(Cc1cccc2ccccc12)c1cccc(F)c1F. The van der Waals surface area contributed by atoms with Gasteiger partial charge >= 0.3 is 0 Å². The zero-order valence-corrected chi connectivity index (χ0v) is 11.1. The summed E-state index contributed by atoms with van der Waals surface area (Å²) in [5.74, 6) is -2.51. The maximum atomic E-state index is 13.7. The minimum absolute atomic E-state index is 0.0434. The van der Waals surface area contributed by atoms with Crippen LogP contribution in [-0.4, -0.2) is 5.78 Å². The van der Waals surface area contributed by atoms with Crippen molar-refractivity contribution >= 4 is 16.6 Å². The Morgan fingerprint density at radius 1 is 0.857 bits per heavy atom. The summed E-state index contributed by atoms with van der Waals surface area (Å²) in [6.07, 6.45) is 0.0434. The zero-order chi connectivity index (χ0) is 14.8. The molecule has 3 aromatic carbocycles. The van der Waals surface area contributed by atoms with Crippen LogP contribution in [0.5, 0.6) is 0 Å². The number of Topliss-reactive ketones (excluding diaryl/α,β-unsaturated/α-hetero) is 1. The zero-order valence-electron chi connectivity index (χ0n) is 11.1. The maximum absolute atomic E-state index is 13.7. The first-order valence-corrected chi connectivity index (χ1v) is 6.60. The second kappa shape index (κ2) is 5.44. The largest absolute Gasteiger partial charge is 0.294 e. The number of rotatable bonds is 3. The molecule has 3 aromatic rings. The summed E-state index contributed by atoms with van der Waals surface area (Å²) < 4.78 is 26.9. The molecule has 0 aliphatic heterocycles. The molecule has 3 rings (SSSR count). The van der Waals surface area contributed by atoms with E-state index in [0.717, 1.165) is 22.4 Å². The number of hydrogen-bond acceptors (Lipinski definition) is 1. The predicted molar refractivity (Wildman–Crippen MR) is 78.3 cm³/mol. The molecule has 104 valence electrons. The van der Waals surface area contributed by atoms with Gasteiger partial charge in [0.15, 0.2) is 17.4 Å². The molecule has 0 aliphatic carbocycles. The molecule has 0 heterocycles. The first-order chi connectivity index (χ1) is 10.2. The van der Waals surface area contributed by atoms with Crippen LogP contribution in [0, 0.1) is 11.6 Å². The van der Waals surface area contributed by atoms with E-state index in [4.69, 9.17) is 0 Å². The van der Waals surface area contributed by atoms with Crippen molar-refractivity contribution in [3.8, 4) is 0 Å². The lowest BCUT2D eigenvalue weighted by molar-refractivity contribution is 0.0988. The normalized spacial score (nSPS) is 10.8. The molecule has 0 unspecified atom stereocenters. The molecular weight excluding hydrogens is 270 g/mol. The first kappa shape index (κ1) is 13.4. The van der Waals surface area contributed by atoms with E-state index in [2.05, 4.69) is 0 Å². The van der Waals surface area contributed by atoms with Crippen LogP contribution in [0.1, 0.15) is 15.9 Å². The fourth-order valence-electron chi connectivity index (χ4n) is 2.43. The van der Waals surface area contributed by atoms with Gasteiger partial charge in [-0.3, -0.25) is 4.79 Å². The predicted octanol–water partition coefficient (Wildman–Crippen LogP) is 4.54. The highest BCUT2D eigenvalue weighted by atomic mass is 19.2. The molecule has 0 radical (unpaired) electrons. The number of fused-ring (bicyclic) bond motifs is 1. The molecule has 0 bridgehead atoms. The van der Waals surface area contributed by atoms with Gasteiger partial charge in [0.2, 0.25) is 0 Å². The molecule has 0 spiro atoms. The van der Waals surface area contributed by atoms with Gasteiger partial charge in [-0.1, -0.05) is 48.5 Å². The molecule has 0 atom stereocenters. The van der Waals surface area contributed by atoms with Crippen LogP contribution in [-0.2, 0) is 6.42 Å². The van der Waals surface area contributed by atoms with Crippen LogP contribution >= 0.6 is 0 Å². The maximum Gasteiger partial charge on any atom is 0.170 e.